The van der Waals surface area contributed by atoms with Crippen LogP contribution in [0.15, 0.2) is 0 Å². The van der Waals surface area contributed by atoms with Crippen molar-refractivity contribution in [2.45, 2.75) is 45.4 Å². The molecular weight excluding hydrogens is 216 g/mol. The standard InChI is InChI=1S/C13H22N2O2/c1-2-6-15-7-3-4-13(5-8-15)9-11(16)14-12(17)10-13/h2-10H2,1H3,(H,14,16,17). The summed E-state index contributed by atoms with van der Waals surface area (Å²) in [6, 6.07) is 0. The second-order valence-corrected chi connectivity index (χ2v) is 5.52. The molecule has 2 fully saturated rings. The van der Waals surface area contributed by atoms with Gasteiger partial charge in [-0.25, -0.2) is 0 Å². The number of likely N-dealkylation sites (tertiary alicyclic amines) is 1. The molecule has 4 nitrogen and oxygen atoms in total. The van der Waals surface area contributed by atoms with E-state index in [1.165, 1.54) is 6.42 Å². The van der Waals surface area contributed by atoms with Crippen LogP contribution in [0.4, 0.5) is 0 Å². The summed E-state index contributed by atoms with van der Waals surface area (Å²) in [4.78, 5) is 25.5. The van der Waals surface area contributed by atoms with Gasteiger partial charge in [-0.3, -0.25) is 14.9 Å². The van der Waals surface area contributed by atoms with Crippen molar-refractivity contribution in [2.24, 2.45) is 5.41 Å². The fraction of sp³-hybridized carbons (Fsp3) is 0.846. The van der Waals surface area contributed by atoms with Gasteiger partial charge in [0.25, 0.3) is 0 Å². The maximum atomic E-state index is 11.5. The quantitative estimate of drug-likeness (QED) is 0.738. The lowest BCUT2D eigenvalue weighted by molar-refractivity contribution is -0.138. The first-order valence-corrected chi connectivity index (χ1v) is 6.69. The van der Waals surface area contributed by atoms with E-state index in [2.05, 4.69) is 17.1 Å². The van der Waals surface area contributed by atoms with Gasteiger partial charge in [-0.1, -0.05) is 6.92 Å². The number of hydrogen-bond donors (Lipinski definition) is 1. The van der Waals surface area contributed by atoms with Crippen LogP contribution >= 0.6 is 0 Å². The Kier molecular flexibility index (Phi) is 3.82. The average Bonchev–Trinajstić information content (AvgIpc) is 2.41. The second kappa shape index (κ2) is 5.17. The van der Waals surface area contributed by atoms with E-state index in [1.54, 1.807) is 0 Å². The maximum absolute atomic E-state index is 11.5. The van der Waals surface area contributed by atoms with Gasteiger partial charge < -0.3 is 4.90 Å². The van der Waals surface area contributed by atoms with Gasteiger partial charge in [-0.15, -0.1) is 0 Å². The van der Waals surface area contributed by atoms with E-state index in [4.69, 9.17) is 0 Å². The minimum absolute atomic E-state index is 0.0398. The van der Waals surface area contributed by atoms with Crippen molar-refractivity contribution in [3.8, 4) is 0 Å². The van der Waals surface area contributed by atoms with E-state index in [0.717, 1.165) is 38.9 Å². The molecule has 0 saturated carbocycles. The molecule has 0 aromatic carbocycles. The smallest absolute Gasteiger partial charge is 0.227 e. The van der Waals surface area contributed by atoms with Gasteiger partial charge in [0.1, 0.15) is 0 Å². The van der Waals surface area contributed by atoms with Crippen molar-refractivity contribution in [1.82, 2.24) is 10.2 Å². The predicted molar refractivity (Wildman–Crippen MR) is 65.4 cm³/mol. The zero-order chi connectivity index (χ0) is 12.3. The molecule has 17 heavy (non-hydrogen) atoms. The second-order valence-electron chi connectivity index (χ2n) is 5.52. The molecule has 0 aromatic heterocycles. The molecule has 96 valence electrons. The van der Waals surface area contributed by atoms with E-state index in [-0.39, 0.29) is 17.2 Å². The summed E-state index contributed by atoms with van der Waals surface area (Å²) in [5, 5.41) is 2.42. The summed E-state index contributed by atoms with van der Waals surface area (Å²) < 4.78 is 0. The van der Waals surface area contributed by atoms with Crippen molar-refractivity contribution in [3.05, 3.63) is 0 Å². The predicted octanol–water partition coefficient (Wildman–Crippen LogP) is 1.31. The number of amides is 2. The molecule has 4 heteroatoms. The Labute approximate surface area is 103 Å². The number of nitrogens with one attached hydrogen (secondary N) is 1. The van der Waals surface area contributed by atoms with Crippen molar-refractivity contribution in [1.29, 1.82) is 0 Å². The fourth-order valence-electron chi connectivity index (χ4n) is 3.19. The number of carbonyl (C=O) groups is 2. The minimum Gasteiger partial charge on any atom is -0.303 e. The Morgan fingerprint density at radius 1 is 1.18 bits per heavy atom. The van der Waals surface area contributed by atoms with Gasteiger partial charge in [0.15, 0.2) is 0 Å². The van der Waals surface area contributed by atoms with Crippen LogP contribution < -0.4 is 5.32 Å². The topological polar surface area (TPSA) is 49.4 Å². The van der Waals surface area contributed by atoms with E-state index in [9.17, 15) is 9.59 Å². The number of imide groups is 1. The van der Waals surface area contributed by atoms with Gasteiger partial charge in [-0.05, 0) is 50.7 Å². The Balaban J connectivity index is 2.01. The number of rotatable bonds is 2. The molecular formula is C13H22N2O2. The molecule has 1 spiro atoms. The van der Waals surface area contributed by atoms with Crippen molar-refractivity contribution in [2.75, 3.05) is 19.6 Å². The Hall–Kier alpha value is -0.900. The molecule has 2 amide bonds. The first-order valence-electron chi connectivity index (χ1n) is 6.69. The first-order chi connectivity index (χ1) is 8.13. The van der Waals surface area contributed by atoms with Crippen LogP contribution in [-0.4, -0.2) is 36.3 Å². The van der Waals surface area contributed by atoms with Crippen molar-refractivity contribution >= 4 is 11.8 Å². The summed E-state index contributed by atoms with van der Waals surface area (Å²) in [6.45, 7) is 5.48. The molecule has 2 aliphatic heterocycles. The molecule has 0 bridgehead atoms. The third kappa shape index (κ3) is 3.06. The zero-order valence-corrected chi connectivity index (χ0v) is 10.6. The molecule has 2 heterocycles. The van der Waals surface area contributed by atoms with Gasteiger partial charge in [0, 0.05) is 12.8 Å². The first kappa shape index (κ1) is 12.6. The summed E-state index contributed by atoms with van der Waals surface area (Å²) in [5.41, 5.74) is -0.0398. The monoisotopic (exact) mass is 238 g/mol. The summed E-state index contributed by atoms with van der Waals surface area (Å²) in [6.07, 6.45) is 5.38. The lowest BCUT2D eigenvalue weighted by Gasteiger charge is -2.35. The summed E-state index contributed by atoms with van der Waals surface area (Å²) in [7, 11) is 0. The van der Waals surface area contributed by atoms with E-state index in [0.29, 0.717) is 12.8 Å². The normalized spacial score (nSPS) is 25.7. The molecule has 2 aliphatic rings. The van der Waals surface area contributed by atoms with Crippen LogP contribution in [0.2, 0.25) is 0 Å². The Morgan fingerprint density at radius 3 is 2.53 bits per heavy atom. The van der Waals surface area contributed by atoms with Crippen molar-refractivity contribution < 1.29 is 9.59 Å². The molecule has 0 aromatic rings. The number of hydrogen-bond acceptors (Lipinski definition) is 3. The van der Waals surface area contributed by atoms with Gasteiger partial charge >= 0.3 is 0 Å². The molecule has 0 unspecified atom stereocenters. The van der Waals surface area contributed by atoms with Gasteiger partial charge in [0.2, 0.25) is 11.8 Å². The third-order valence-corrected chi connectivity index (χ3v) is 4.03. The summed E-state index contributed by atoms with van der Waals surface area (Å²) in [5.74, 6) is -0.157. The van der Waals surface area contributed by atoms with Gasteiger partial charge in [-0.2, -0.15) is 0 Å². The van der Waals surface area contributed by atoms with Crippen LogP contribution in [0.3, 0.4) is 0 Å². The van der Waals surface area contributed by atoms with Crippen molar-refractivity contribution in [3.63, 3.8) is 0 Å². The Morgan fingerprint density at radius 2 is 1.88 bits per heavy atom. The molecule has 2 rings (SSSR count). The molecule has 1 N–H and O–H groups in total. The van der Waals surface area contributed by atoms with Crippen LogP contribution in [-0.2, 0) is 9.59 Å². The largest absolute Gasteiger partial charge is 0.303 e. The highest BCUT2D eigenvalue weighted by Gasteiger charge is 2.40. The maximum Gasteiger partial charge on any atom is 0.227 e. The lowest BCUT2D eigenvalue weighted by atomic mass is 9.73. The fourth-order valence-corrected chi connectivity index (χ4v) is 3.19. The van der Waals surface area contributed by atoms with Crippen LogP contribution in [0.5, 0.6) is 0 Å². The van der Waals surface area contributed by atoms with E-state index in [1.807, 2.05) is 0 Å². The highest BCUT2D eigenvalue weighted by Crippen LogP contribution is 2.40. The SMILES string of the molecule is CCCN1CCCC2(CC1)CC(=O)NC(=O)C2. The van der Waals surface area contributed by atoms with E-state index < -0.39 is 0 Å². The van der Waals surface area contributed by atoms with E-state index >= 15 is 0 Å². The average molecular weight is 238 g/mol. The zero-order valence-electron chi connectivity index (χ0n) is 10.6. The number of nitrogens with zero attached hydrogens (tertiary/aromatic N) is 1. The van der Waals surface area contributed by atoms with Crippen LogP contribution in [0.1, 0.15) is 45.4 Å². The number of piperidine rings is 1. The number of carbonyl (C=O) groups excluding carboxylic acids is 2. The minimum atomic E-state index is -0.0785. The van der Waals surface area contributed by atoms with Crippen LogP contribution in [0.25, 0.3) is 0 Å². The molecule has 0 aliphatic carbocycles. The third-order valence-electron chi connectivity index (χ3n) is 4.03. The van der Waals surface area contributed by atoms with Crippen LogP contribution in [0, 0.1) is 5.41 Å². The molecule has 0 radical (unpaired) electrons. The summed E-state index contributed by atoms with van der Waals surface area (Å²) >= 11 is 0. The van der Waals surface area contributed by atoms with Gasteiger partial charge in [0.05, 0.1) is 0 Å². The highest BCUT2D eigenvalue weighted by atomic mass is 16.2. The molecule has 2 saturated heterocycles. The Bertz CT molecular complexity index is 299. The highest BCUT2D eigenvalue weighted by molar-refractivity contribution is 5.98. The lowest BCUT2D eigenvalue weighted by Crippen LogP contribution is -2.45. The molecule has 0 atom stereocenters.